The van der Waals surface area contributed by atoms with Crippen LogP contribution in [0.1, 0.15) is 30.9 Å². The van der Waals surface area contributed by atoms with Crippen LogP contribution in [0.5, 0.6) is 0 Å². The van der Waals surface area contributed by atoms with Gasteiger partial charge in [-0.3, -0.25) is 0 Å². The quantitative estimate of drug-likeness (QED) is 0.616. The Labute approximate surface area is 86.0 Å². The van der Waals surface area contributed by atoms with Crippen molar-refractivity contribution < 1.29 is 0 Å². The maximum atomic E-state index is 2.25. The van der Waals surface area contributed by atoms with Crippen molar-refractivity contribution >= 4 is 5.57 Å². The van der Waals surface area contributed by atoms with Gasteiger partial charge >= 0.3 is 0 Å². The Balaban J connectivity index is 2.28. The number of allylic oxidation sites excluding steroid dienone is 4. The van der Waals surface area contributed by atoms with E-state index in [9.17, 15) is 0 Å². The van der Waals surface area contributed by atoms with Crippen molar-refractivity contribution in [3.05, 3.63) is 53.1 Å². The van der Waals surface area contributed by atoms with Crippen molar-refractivity contribution in [1.29, 1.82) is 0 Å². The molecule has 1 aliphatic carbocycles. The lowest BCUT2D eigenvalue weighted by Gasteiger charge is -2.12. The van der Waals surface area contributed by atoms with E-state index in [2.05, 4.69) is 50.3 Å². The van der Waals surface area contributed by atoms with Crippen molar-refractivity contribution in [3.63, 3.8) is 0 Å². The summed E-state index contributed by atoms with van der Waals surface area (Å²) in [5, 5.41) is 0. The monoisotopic (exact) mass is 184 g/mol. The van der Waals surface area contributed by atoms with Crippen LogP contribution in [-0.4, -0.2) is 0 Å². The fourth-order valence-corrected chi connectivity index (χ4v) is 1.75. The Morgan fingerprint density at radius 2 is 1.57 bits per heavy atom. The average Bonchev–Trinajstić information content (AvgIpc) is 2.21. The predicted octanol–water partition coefficient (Wildman–Crippen LogP) is 4.12. The van der Waals surface area contributed by atoms with E-state index in [4.69, 9.17) is 0 Å². The van der Waals surface area contributed by atoms with Gasteiger partial charge in [0.2, 0.25) is 0 Å². The van der Waals surface area contributed by atoms with Crippen molar-refractivity contribution in [2.24, 2.45) is 0 Å². The van der Waals surface area contributed by atoms with Gasteiger partial charge in [-0.1, -0.05) is 47.6 Å². The Morgan fingerprint density at radius 3 is 2.14 bits per heavy atom. The van der Waals surface area contributed by atoms with E-state index in [1.807, 2.05) is 0 Å². The standard InChI is InChI=1S/C14H16/c1-11-3-7-13(8-4-11)14-9-5-12(2)6-10-14/h3-5,7-9H,6,10H2,1-2H3. The molecule has 0 N–H and O–H groups in total. The van der Waals surface area contributed by atoms with Crippen molar-refractivity contribution in [3.8, 4) is 0 Å². The van der Waals surface area contributed by atoms with Gasteiger partial charge in [0.25, 0.3) is 0 Å². The average molecular weight is 184 g/mol. The topological polar surface area (TPSA) is 0 Å². The van der Waals surface area contributed by atoms with E-state index in [0.29, 0.717) is 0 Å². The van der Waals surface area contributed by atoms with E-state index in [0.717, 1.165) is 0 Å². The summed E-state index contributed by atoms with van der Waals surface area (Å²) in [5.74, 6) is 0. The summed E-state index contributed by atoms with van der Waals surface area (Å²) in [4.78, 5) is 0. The molecule has 0 saturated heterocycles. The molecule has 0 radical (unpaired) electrons. The molecule has 0 amide bonds. The summed E-state index contributed by atoms with van der Waals surface area (Å²) in [7, 11) is 0. The molecule has 14 heavy (non-hydrogen) atoms. The maximum absolute atomic E-state index is 2.25. The summed E-state index contributed by atoms with van der Waals surface area (Å²) >= 11 is 0. The largest absolute Gasteiger partial charge is 0.0730 e. The Kier molecular flexibility index (Phi) is 2.53. The highest BCUT2D eigenvalue weighted by Crippen LogP contribution is 2.26. The SMILES string of the molecule is CC1=CC=C(c2ccc(C)cc2)CC1. The molecule has 0 unspecified atom stereocenters. The number of hydrogen-bond acceptors (Lipinski definition) is 0. The first-order valence-electron chi connectivity index (χ1n) is 5.19. The van der Waals surface area contributed by atoms with Crippen LogP contribution >= 0.6 is 0 Å². The molecule has 0 bridgehead atoms. The van der Waals surface area contributed by atoms with Gasteiger partial charge in [-0.15, -0.1) is 0 Å². The highest BCUT2D eigenvalue weighted by molar-refractivity contribution is 5.68. The van der Waals surface area contributed by atoms with Crippen LogP contribution in [0.2, 0.25) is 0 Å². The predicted molar refractivity (Wildman–Crippen MR) is 62.1 cm³/mol. The Bertz CT molecular complexity index is 377. The second kappa shape index (κ2) is 3.83. The molecule has 0 atom stereocenters. The lowest BCUT2D eigenvalue weighted by molar-refractivity contribution is 0.977. The molecule has 0 heteroatoms. The van der Waals surface area contributed by atoms with Crippen LogP contribution in [0, 0.1) is 6.92 Å². The van der Waals surface area contributed by atoms with E-state index >= 15 is 0 Å². The lowest BCUT2D eigenvalue weighted by atomic mass is 9.93. The zero-order chi connectivity index (χ0) is 9.97. The second-order valence-electron chi connectivity index (χ2n) is 4.07. The first-order valence-corrected chi connectivity index (χ1v) is 5.19. The van der Waals surface area contributed by atoms with Crippen LogP contribution in [0.15, 0.2) is 42.0 Å². The van der Waals surface area contributed by atoms with Crippen LogP contribution < -0.4 is 0 Å². The van der Waals surface area contributed by atoms with E-state index < -0.39 is 0 Å². The second-order valence-corrected chi connectivity index (χ2v) is 4.07. The highest BCUT2D eigenvalue weighted by atomic mass is 14.1. The van der Waals surface area contributed by atoms with Crippen LogP contribution in [0.25, 0.3) is 5.57 Å². The minimum Gasteiger partial charge on any atom is -0.0730 e. The fourth-order valence-electron chi connectivity index (χ4n) is 1.75. The van der Waals surface area contributed by atoms with Gasteiger partial charge in [-0.05, 0) is 37.8 Å². The van der Waals surface area contributed by atoms with Gasteiger partial charge in [0.05, 0.1) is 0 Å². The third-order valence-corrected chi connectivity index (χ3v) is 2.78. The molecule has 0 spiro atoms. The summed E-state index contributed by atoms with van der Waals surface area (Å²) in [6, 6.07) is 8.80. The normalized spacial score (nSPS) is 16.1. The summed E-state index contributed by atoms with van der Waals surface area (Å²) < 4.78 is 0. The third-order valence-electron chi connectivity index (χ3n) is 2.78. The van der Waals surface area contributed by atoms with E-state index in [-0.39, 0.29) is 0 Å². The molecule has 1 aromatic rings. The molecule has 0 heterocycles. The van der Waals surface area contributed by atoms with E-state index in [1.54, 1.807) is 0 Å². The fraction of sp³-hybridized carbons (Fsp3) is 0.286. The van der Waals surface area contributed by atoms with Gasteiger partial charge in [-0.25, -0.2) is 0 Å². The number of aryl methyl sites for hydroxylation is 1. The zero-order valence-electron chi connectivity index (χ0n) is 8.88. The molecule has 0 nitrogen and oxygen atoms in total. The molecular weight excluding hydrogens is 168 g/mol. The summed E-state index contributed by atoms with van der Waals surface area (Å²) in [6.45, 7) is 4.32. The molecule has 1 aliphatic rings. The third kappa shape index (κ3) is 1.95. The minimum atomic E-state index is 1.19. The number of rotatable bonds is 1. The molecule has 2 rings (SSSR count). The van der Waals surface area contributed by atoms with Crippen molar-refractivity contribution in [2.75, 3.05) is 0 Å². The van der Waals surface area contributed by atoms with Gasteiger partial charge in [0, 0.05) is 0 Å². The lowest BCUT2D eigenvalue weighted by Crippen LogP contribution is -1.91. The van der Waals surface area contributed by atoms with Gasteiger partial charge in [0.15, 0.2) is 0 Å². The minimum absolute atomic E-state index is 1.19. The summed E-state index contributed by atoms with van der Waals surface area (Å²) in [5.41, 5.74) is 5.66. The first kappa shape index (κ1) is 9.26. The zero-order valence-corrected chi connectivity index (χ0v) is 8.88. The van der Waals surface area contributed by atoms with Gasteiger partial charge in [-0.2, -0.15) is 0 Å². The highest BCUT2D eigenvalue weighted by Gasteiger charge is 2.04. The summed E-state index contributed by atoms with van der Waals surface area (Å²) in [6.07, 6.45) is 6.88. The molecule has 0 saturated carbocycles. The van der Waals surface area contributed by atoms with Crippen molar-refractivity contribution in [2.45, 2.75) is 26.7 Å². The Hall–Kier alpha value is -1.30. The van der Waals surface area contributed by atoms with Crippen LogP contribution in [0.3, 0.4) is 0 Å². The number of benzene rings is 1. The van der Waals surface area contributed by atoms with Gasteiger partial charge in [0.1, 0.15) is 0 Å². The smallest absolute Gasteiger partial charge is 0.0224 e. The molecule has 0 aromatic heterocycles. The van der Waals surface area contributed by atoms with E-state index in [1.165, 1.54) is 35.1 Å². The molecular formula is C14H16. The molecule has 0 fully saturated rings. The van der Waals surface area contributed by atoms with Gasteiger partial charge < -0.3 is 0 Å². The van der Waals surface area contributed by atoms with Crippen LogP contribution in [0.4, 0.5) is 0 Å². The number of hydrogen-bond donors (Lipinski definition) is 0. The van der Waals surface area contributed by atoms with Crippen LogP contribution in [-0.2, 0) is 0 Å². The Morgan fingerprint density at radius 1 is 0.857 bits per heavy atom. The van der Waals surface area contributed by atoms with Crippen molar-refractivity contribution in [1.82, 2.24) is 0 Å². The first-order chi connectivity index (χ1) is 6.75. The maximum Gasteiger partial charge on any atom is -0.0224 e. The molecule has 0 aliphatic heterocycles. The molecule has 72 valence electrons. The molecule has 1 aromatic carbocycles.